The maximum Gasteiger partial charge on any atom is 0.362 e. The topological polar surface area (TPSA) is 243 Å². The van der Waals surface area contributed by atoms with E-state index in [1.807, 2.05) is 0 Å². The fraction of sp³-hybridized carbons (Fsp3) is 1.00. The van der Waals surface area contributed by atoms with Crippen molar-refractivity contribution in [1.82, 2.24) is 0 Å². The van der Waals surface area contributed by atoms with Crippen molar-refractivity contribution in [3.8, 4) is 0 Å². The van der Waals surface area contributed by atoms with E-state index in [0.29, 0.717) is 0 Å². The van der Waals surface area contributed by atoms with Gasteiger partial charge in [-0.1, -0.05) is 0 Å². The second-order valence-electron chi connectivity index (χ2n) is 2.54. The van der Waals surface area contributed by atoms with E-state index in [4.69, 9.17) is 61.3 Å². The molecule has 0 heterocycles. The summed E-state index contributed by atoms with van der Waals surface area (Å²) in [4.78, 5) is 0. The normalized spacial score (nSPS) is 13.4. The summed E-state index contributed by atoms with van der Waals surface area (Å²) in [5.41, 5.74) is 0. The molecule has 0 aliphatic carbocycles. The molecule has 0 aliphatic rings. The van der Waals surface area contributed by atoms with Gasteiger partial charge in [0.1, 0.15) is 0 Å². The van der Waals surface area contributed by atoms with E-state index in [1.165, 1.54) is 0 Å². The minimum atomic E-state index is -3.90. The smallest absolute Gasteiger partial charge is 0.337 e. The van der Waals surface area contributed by atoms with Crippen LogP contribution in [0.25, 0.3) is 0 Å². The average molecular weight is 318 g/mol. The molecule has 0 aromatic heterocycles. The van der Waals surface area contributed by atoms with Gasteiger partial charge in [-0.2, -0.15) is 0 Å². The zero-order chi connectivity index (χ0) is 14.0. The van der Waals surface area contributed by atoms with Crippen LogP contribution in [0.4, 0.5) is 0 Å². The molecular weight excluding hydrogens is 305 g/mol. The molecule has 17 heavy (non-hydrogen) atoms. The van der Waals surface area contributed by atoms with E-state index in [1.54, 1.807) is 0 Å². The molecule has 0 atom stereocenters. The van der Waals surface area contributed by atoms with Crippen LogP contribution in [0.2, 0.25) is 0 Å². The Hall–Kier alpha value is 0.143. The van der Waals surface area contributed by atoms with Crippen molar-refractivity contribution in [3.05, 3.63) is 0 Å². The van der Waals surface area contributed by atoms with Gasteiger partial charge in [0.25, 0.3) is 0 Å². The molecule has 0 radical (unpaired) electrons. The second kappa shape index (κ2) is 6.35. The molecule has 0 aromatic rings. The van der Waals surface area contributed by atoms with E-state index in [-0.39, 0.29) is 19.5 Å². The molecule has 12 nitrogen and oxygen atoms in total. The van der Waals surface area contributed by atoms with Crippen LogP contribution in [0.3, 0.4) is 0 Å². The summed E-state index contributed by atoms with van der Waals surface area (Å²) in [6.45, 7) is 0. The summed E-state index contributed by atoms with van der Waals surface area (Å²) in [5.74, 6) is -15.6. The first-order valence-electron chi connectivity index (χ1n) is 3.18. The van der Waals surface area contributed by atoms with Crippen LogP contribution in [0.15, 0.2) is 0 Å². The molecule has 13 heteroatoms. The third-order valence-electron chi connectivity index (χ3n) is 0.900. The molecule has 102 valence electrons. The van der Waals surface area contributed by atoms with E-state index in [2.05, 4.69) is 0 Å². The first kappa shape index (κ1) is 22.3. The molecule has 0 amide bonds. The van der Waals surface area contributed by atoms with Crippen LogP contribution < -0.4 is 0 Å². The largest absolute Gasteiger partial charge is 0.362 e. The summed E-state index contributed by atoms with van der Waals surface area (Å²) >= 11 is 0. The maximum atomic E-state index is 7.72. The van der Waals surface area contributed by atoms with Crippen LogP contribution in [-0.2, 0) is 19.5 Å². The van der Waals surface area contributed by atoms with Gasteiger partial charge in [-0.15, -0.1) is 0 Å². The number of hydrogen-bond acceptors (Lipinski definition) is 12. The van der Waals surface area contributed by atoms with Gasteiger partial charge in [-0.3, -0.25) is 0 Å². The van der Waals surface area contributed by atoms with Crippen molar-refractivity contribution in [1.29, 1.82) is 0 Å². The molecule has 12 N–H and O–H groups in total. The molecule has 0 aromatic carbocycles. The molecule has 0 bridgehead atoms. The summed E-state index contributed by atoms with van der Waals surface area (Å²) < 4.78 is 0. The minimum absolute atomic E-state index is 0. The standard InChI is InChI=1S/2C2H6O6.Zn/c2*3-1(4,5)2(6,7)8;/h2*3-8H;. The SMILES string of the molecule is OC(O)(O)C(O)(O)O.OC(O)(O)C(O)(O)O.[Zn]. The molecule has 0 aliphatic heterocycles. The minimum Gasteiger partial charge on any atom is -0.337 e. The molecule has 0 fully saturated rings. The Kier molecular flexibility index (Phi) is 8.34. The zero-order valence-electron chi connectivity index (χ0n) is 8.07. The number of aliphatic hydroxyl groups is 12. The average Bonchev–Trinajstić information content (AvgIpc) is 1.77. The summed E-state index contributed by atoms with van der Waals surface area (Å²) in [5, 5.41) is 92.6. The van der Waals surface area contributed by atoms with E-state index in [0.717, 1.165) is 0 Å². The molecular formula is C4H12O12Zn. The van der Waals surface area contributed by atoms with Crippen molar-refractivity contribution in [2.75, 3.05) is 0 Å². The van der Waals surface area contributed by atoms with Gasteiger partial charge in [-0.05, 0) is 0 Å². The van der Waals surface area contributed by atoms with Crippen LogP contribution in [0.5, 0.6) is 0 Å². The van der Waals surface area contributed by atoms with Gasteiger partial charge >= 0.3 is 23.9 Å². The van der Waals surface area contributed by atoms with Gasteiger partial charge in [0.05, 0.1) is 0 Å². The van der Waals surface area contributed by atoms with Crippen LogP contribution in [-0.4, -0.2) is 85.2 Å². The third kappa shape index (κ3) is 9.81. The Morgan fingerprint density at radius 1 is 0.294 bits per heavy atom. The van der Waals surface area contributed by atoms with Crippen molar-refractivity contribution in [2.45, 2.75) is 23.9 Å². The Balaban J connectivity index is -0.000000218. The van der Waals surface area contributed by atoms with Crippen molar-refractivity contribution >= 4 is 0 Å². The maximum absolute atomic E-state index is 7.72. The van der Waals surface area contributed by atoms with Gasteiger partial charge < -0.3 is 61.3 Å². The Morgan fingerprint density at radius 2 is 0.353 bits per heavy atom. The number of hydrogen-bond donors (Lipinski definition) is 12. The van der Waals surface area contributed by atoms with Crippen LogP contribution in [0, 0.1) is 0 Å². The fourth-order valence-corrected chi connectivity index (χ4v) is 0. The number of rotatable bonds is 2. The van der Waals surface area contributed by atoms with Gasteiger partial charge in [-0.25, -0.2) is 0 Å². The van der Waals surface area contributed by atoms with Crippen LogP contribution in [0.1, 0.15) is 0 Å². The van der Waals surface area contributed by atoms with E-state index in [9.17, 15) is 0 Å². The van der Waals surface area contributed by atoms with Crippen LogP contribution >= 0.6 is 0 Å². The Morgan fingerprint density at radius 3 is 0.353 bits per heavy atom. The first-order chi connectivity index (χ1) is 6.50. The van der Waals surface area contributed by atoms with Crippen molar-refractivity contribution < 1.29 is 80.8 Å². The molecule has 0 unspecified atom stereocenters. The monoisotopic (exact) mass is 316 g/mol. The predicted molar refractivity (Wildman–Crippen MR) is 37.5 cm³/mol. The third-order valence-corrected chi connectivity index (χ3v) is 0.900. The zero-order valence-corrected chi connectivity index (χ0v) is 11.0. The second-order valence-corrected chi connectivity index (χ2v) is 2.54. The predicted octanol–water partition coefficient (Wildman–Crippen LogP) is -7.51. The summed E-state index contributed by atoms with van der Waals surface area (Å²) in [7, 11) is 0. The Bertz CT molecular complexity index is 153. The van der Waals surface area contributed by atoms with Gasteiger partial charge in [0, 0.05) is 19.5 Å². The molecule has 0 spiro atoms. The van der Waals surface area contributed by atoms with Crippen molar-refractivity contribution in [3.63, 3.8) is 0 Å². The van der Waals surface area contributed by atoms with E-state index >= 15 is 0 Å². The summed E-state index contributed by atoms with van der Waals surface area (Å²) in [6, 6.07) is 0. The first-order valence-corrected chi connectivity index (χ1v) is 3.18. The molecule has 0 saturated heterocycles. The molecule has 0 saturated carbocycles. The fourth-order valence-electron chi connectivity index (χ4n) is 0. The summed E-state index contributed by atoms with van der Waals surface area (Å²) in [6.07, 6.45) is 0. The van der Waals surface area contributed by atoms with Crippen molar-refractivity contribution in [2.24, 2.45) is 0 Å². The van der Waals surface area contributed by atoms with Gasteiger partial charge in [0.15, 0.2) is 0 Å². The molecule has 0 rings (SSSR count). The van der Waals surface area contributed by atoms with Gasteiger partial charge in [0.2, 0.25) is 0 Å². The quantitative estimate of drug-likeness (QED) is 0.168. The van der Waals surface area contributed by atoms with E-state index < -0.39 is 23.9 Å². The Labute approximate surface area is 105 Å².